The number of amides is 2. The molecule has 0 spiro atoms. The molecule has 3 aromatic heterocycles. The molecule has 0 saturated carbocycles. The van der Waals surface area contributed by atoms with Crippen LogP contribution in [0.3, 0.4) is 0 Å². The SMILES string of the molecule is CC(C)Cc1noc(CNC(=O)N(Cc2cccnc2)Cc2ccsc2)n1. The fourth-order valence-electron chi connectivity index (χ4n) is 2.59. The van der Waals surface area contributed by atoms with E-state index in [1.165, 1.54) is 0 Å². The summed E-state index contributed by atoms with van der Waals surface area (Å²) in [6, 6.07) is 5.65. The van der Waals surface area contributed by atoms with Crippen molar-refractivity contribution in [3.63, 3.8) is 0 Å². The van der Waals surface area contributed by atoms with E-state index < -0.39 is 0 Å². The summed E-state index contributed by atoms with van der Waals surface area (Å²) in [5, 5.41) is 10.9. The number of nitrogens with zero attached hydrogens (tertiary/aromatic N) is 4. The molecule has 27 heavy (non-hydrogen) atoms. The summed E-state index contributed by atoms with van der Waals surface area (Å²) in [6.45, 7) is 5.39. The fraction of sp³-hybridized carbons (Fsp3) is 0.368. The molecule has 3 rings (SSSR count). The number of hydrogen-bond donors (Lipinski definition) is 1. The lowest BCUT2D eigenvalue weighted by Gasteiger charge is -2.22. The molecule has 7 nitrogen and oxygen atoms in total. The third kappa shape index (κ3) is 5.89. The molecule has 0 atom stereocenters. The molecule has 3 heterocycles. The van der Waals surface area contributed by atoms with Crippen LogP contribution in [-0.2, 0) is 26.1 Å². The summed E-state index contributed by atoms with van der Waals surface area (Å²) < 4.78 is 5.22. The maximum Gasteiger partial charge on any atom is 0.318 e. The molecule has 0 aliphatic heterocycles. The van der Waals surface area contributed by atoms with Crippen molar-refractivity contribution < 1.29 is 9.32 Å². The van der Waals surface area contributed by atoms with Crippen LogP contribution in [0, 0.1) is 5.92 Å². The average Bonchev–Trinajstić information content (AvgIpc) is 3.31. The van der Waals surface area contributed by atoms with E-state index in [0.717, 1.165) is 17.5 Å². The number of aromatic nitrogens is 3. The van der Waals surface area contributed by atoms with E-state index in [1.54, 1.807) is 28.6 Å². The summed E-state index contributed by atoms with van der Waals surface area (Å²) in [6.07, 6.45) is 4.24. The molecule has 0 aromatic carbocycles. The minimum absolute atomic E-state index is 0.186. The highest BCUT2D eigenvalue weighted by molar-refractivity contribution is 7.07. The van der Waals surface area contributed by atoms with Crippen molar-refractivity contribution >= 4 is 17.4 Å². The van der Waals surface area contributed by atoms with Gasteiger partial charge in [-0.2, -0.15) is 16.3 Å². The Morgan fingerprint density at radius 1 is 1.30 bits per heavy atom. The average molecular weight is 385 g/mol. The topological polar surface area (TPSA) is 84.2 Å². The van der Waals surface area contributed by atoms with Crippen LogP contribution in [0.2, 0.25) is 0 Å². The minimum atomic E-state index is -0.186. The van der Waals surface area contributed by atoms with Crippen molar-refractivity contribution in [2.75, 3.05) is 0 Å². The highest BCUT2D eigenvalue weighted by Crippen LogP contribution is 2.13. The number of pyridine rings is 1. The number of rotatable bonds is 8. The smallest absolute Gasteiger partial charge is 0.318 e. The zero-order valence-electron chi connectivity index (χ0n) is 15.5. The number of carbonyl (C=O) groups is 1. The Bertz CT molecular complexity index is 833. The Balaban J connectivity index is 1.62. The Hall–Kier alpha value is -2.74. The first-order chi connectivity index (χ1) is 13.1. The maximum atomic E-state index is 12.7. The summed E-state index contributed by atoms with van der Waals surface area (Å²) in [5.74, 6) is 1.53. The summed E-state index contributed by atoms with van der Waals surface area (Å²) in [7, 11) is 0. The van der Waals surface area contributed by atoms with Crippen LogP contribution in [0.1, 0.15) is 36.7 Å². The lowest BCUT2D eigenvalue weighted by Crippen LogP contribution is -2.38. The first-order valence-electron chi connectivity index (χ1n) is 8.84. The van der Waals surface area contributed by atoms with E-state index >= 15 is 0 Å². The third-order valence-electron chi connectivity index (χ3n) is 3.83. The highest BCUT2D eigenvalue weighted by atomic mass is 32.1. The predicted molar refractivity (Wildman–Crippen MR) is 103 cm³/mol. The first-order valence-corrected chi connectivity index (χ1v) is 9.78. The van der Waals surface area contributed by atoms with E-state index in [9.17, 15) is 4.79 Å². The molecule has 0 fully saturated rings. The zero-order chi connectivity index (χ0) is 19.1. The van der Waals surface area contributed by atoms with Gasteiger partial charge in [0.25, 0.3) is 0 Å². The van der Waals surface area contributed by atoms with Crippen molar-refractivity contribution in [1.82, 2.24) is 25.3 Å². The van der Waals surface area contributed by atoms with Crippen LogP contribution in [-0.4, -0.2) is 26.1 Å². The van der Waals surface area contributed by atoms with E-state index in [1.807, 2.05) is 29.0 Å². The number of thiophene rings is 1. The van der Waals surface area contributed by atoms with Gasteiger partial charge in [-0.25, -0.2) is 4.79 Å². The van der Waals surface area contributed by atoms with Crippen LogP contribution < -0.4 is 5.32 Å². The van der Waals surface area contributed by atoms with Gasteiger partial charge in [0.2, 0.25) is 5.89 Å². The molecule has 2 amide bonds. The van der Waals surface area contributed by atoms with Gasteiger partial charge in [-0.3, -0.25) is 4.98 Å². The lowest BCUT2D eigenvalue weighted by atomic mass is 10.1. The minimum Gasteiger partial charge on any atom is -0.337 e. The molecule has 8 heteroatoms. The second-order valence-corrected chi connectivity index (χ2v) is 7.49. The monoisotopic (exact) mass is 385 g/mol. The van der Waals surface area contributed by atoms with Crippen LogP contribution in [0.4, 0.5) is 4.79 Å². The second-order valence-electron chi connectivity index (χ2n) is 6.71. The van der Waals surface area contributed by atoms with Crippen molar-refractivity contribution in [2.24, 2.45) is 5.92 Å². The van der Waals surface area contributed by atoms with Crippen molar-refractivity contribution in [3.8, 4) is 0 Å². The third-order valence-corrected chi connectivity index (χ3v) is 4.56. The van der Waals surface area contributed by atoms with Gasteiger partial charge in [0.1, 0.15) is 0 Å². The van der Waals surface area contributed by atoms with Gasteiger partial charge >= 0.3 is 6.03 Å². The zero-order valence-corrected chi connectivity index (χ0v) is 16.3. The molecule has 0 aliphatic rings. The van der Waals surface area contributed by atoms with Crippen molar-refractivity contribution in [2.45, 2.75) is 39.9 Å². The molecular weight excluding hydrogens is 362 g/mol. The van der Waals surface area contributed by atoms with Gasteiger partial charge in [0.15, 0.2) is 5.82 Å². The highest BCUT2D eigenvalue weighted by Gasteiger charge is 2.16. The van der Waals surface area contributed by atoms with E-state index in [4.69, 9.17) is 4.52 Å². The predicted octanol–water partition coefficient (Wildman–Crippen LogP) is 3.64. The van der Waals surface area contributed by atoms with E-state index in [2.05, 4.69) is 34.3 Å². The van der Waals surface area contributed by atoms with Crippen LogP contribution in [0.25, 0.3) is 0 Å². The second kappa shape index (κ2) is 9.27. The molecule has 0 saturated heterocycles. The molecular formula is C19H23N5O2S. The molecule has 0 unspecified atom stereocenters. The van der Waals surface area contributed by atoms with Gasteiger partial charge in [0.05, 0.1) is 6.54 Å². The van der Waals surface area contributed by atoms with Crippen molar-refractivity contribution in [1.29, 1.82) is 0 Å². The molecule has 0 aliphatic carbocycles. The van der Waals surface area contributed by atoms with Crippen molar-refractivity contribution in [3.05, 3.63) is 64.2 Å². The normalized spacial score (nSPS) is 10.9. The van der Waals surface area contributed by atoms with E-state index in [0.29, 0.717) is 30.7 Å². The molecule has 1 N–H and O–H groups in total. The fourth-order valence-corrected chi connectivity index (χ4v) is 3.25. The maximum absolute atomic E-state index is 12.7. The quantitative estimate of drug-likeness (QED) is 0.640. The summed E-state index contributed by atoms with van der Waals surface area (Å²) >= 11 is 1.61. The Kier molecular flexibility index (Phi) is 6.54. The van der Waals surface area contributed by atoms with Gasteiger partial charge in [0, 0.05) is 31.9 Å². The van der Waals surface area contributed by atoms with Crippen LogP contribution >= 0.6 is 11.3 Å². The van der Waals surface area contributed by atoms with Gasteiger partial charge in [-0.15, -0.1) is 0 Å². The van der Waals surface area contributed by atoms with Crippen LogP contribution in [0.15, 0.2) is 45.9 Å². The Morgan fingerprint density at radius 2 is 2.15 bits per heavy atom. The lowest BCUT2D eigenvalue weighted by molar-refractivity contribution is 0.190. The molecule has 0 radical (unpaired) electrons. The number of carbonyl (C=O) groups excluding carboxylic acids is 1. The Morgan fingerprint density at radius 3 is 2.85 bits per heavy atom. The van der Waals surface area contributed by atoms with Gasteiger partial charge < -0.3 is 14.7 Å². The van der Waals surface area contributed by atoms with Gasteiger partial charge in [-0.05, 0) is 39.9 Å². The first kappa shape index (κ1) is 19.0. The largest absolute Gasteiger partial charge is 0.337 e. The summed E-state index contributed by atoms with van der Waals surface area (Å²) in [5.41, 5.74) is 2.07. The standard InChI is InChI=1S/C19H23N5O2S/c1-14(2)8-17-22-18(26-23-17)10-21-19(25)24(12-16-5-7-27-13-16)11-15-4-3-6-20-9-15/h3-7,9,13-14H,8,10-12H2,1-2H3,(H,21,25). The molecule has 3 aromatic rings. The number of nitrogens with one attached hydrogen (secondary N) is 1. The number of urea groups is 1. The molecule has 0 bridgehead atoms. The van der Waals surface area contributed by atoms with Gasteiger partial charge in [-0.1, -0.05) is 25.1 Å². The Labute approximate surface area is 162 Å². The van der Waals surface area contributed by atoms with E-state index in [-0.39, 0.29) is 12.6 Å². The summed E-state index contributed by atoms with van der Waals surface area (Å²) in [4.78, 5) is 22.9. The molecule has 142 valence electrons. The number of hydrogen-bond acceptors (Lipinski definition) is 6. The van der Waals surface area contributed by atoms with Crippen LogP contribution in [0.5, 0.6) is 0 Å².